The summed E-state index contributed by atoms with van der Waals surface area (Å²) in [5, 5.41) is 10.6. The molecule has 0 bridgehead atoms. The number of hydrogen-bond acceptors (Lipinski definition) is 2. The Hall–Kier alpha value is -1.89. The van der Waals surface area contributed by atoms with Gasteiger partial charge in [0, 0.05) is 26.3 Å². The van der Waals surface area contributed by atoms with Crippen LogP contribution >= 0.6 is 15.9 Å². The van der Waals surface area contributed by atoms with Crippen LogP contribution < -0.4 is 10.6 Å². The van der Waals surface area contributed by atoms with Crippen LogP contribution in [0.2, 0.25) is 0 Å². The van der Waals surface area contributed by atoms with E-state index in [2.05, 4.69) is 36.7 Å². The number of aromatic nitrogens is 2. The number of aryl methyl sites for hydroxylation is 1. The molecule has 0 aliphatic carbocycles. The van der Waals surface area contributed by atoms with E-state index in [0.29, 0.717) is 11.0 Å². The van der Waals surface area contributed by atoms with Gasteiger partial charge in [-0.1, -0.05) is 6.07 Å². The first-order valence-electron chi connectivity index (χ1n) is 7.53. The van der Waals surface area contributed by atoms with Crippen LogP contribution in [0.5, 0.6) is 0 Å². The lowest BCUT2D eigenvalue weighted by Gasteiger charge is -2.11. The molecular weight excluding hydrogens is 361 g/mol. The molecule has 0 amide bonds. The summed E-state index contributed by atoms with van der Waals surface area (Å²) < 4.78 is 15.5. The van der Waals surface area contributed by atoms with Crippen molar-refractivity contribution in [2.45, 2.75) is 19.9 Å². The third-order valence-corrected chi connectivity index (χ3v) is 3.96. The predicted molar refractivity (Wildman–Crippen MR) is 93.8 cm³/mol. The topological polar surface area (TPSA) is 54.2 Å². The number of nitrogens with one attached hydrogen (secondary N) is 2. The molecule has 1 aromatic carbocycles. The number of halogens is 2. The first-order chi connectivity index (χ1) is 11.1. The van der Waals surface area contributed by atoms with Crippen molar-refractivity contribution in [3.05, 3.63) is 52.0 Å². The highest BCUT2D eigenvalue weighted by Gasteiger charge is 2.03. The second-order valence-electron chi connectivity index (χ2n) is 5.07. The van der Waals surface area contributed by atoms with E-state index in [9.17, 15) is 4.39 Å². The minimum absolute atomic E-state index is 0.243. The molecule has 0 atom stereocenters. The van der Waals surface area contributed by atoms with Gasteiger partial charge in [-0.15, -0.1) is 0 Å². The zero-order valence-corrected chi connectivity index (χ0v) is 14.9. The van der Waals surface area contributed by atoms with Gasteiger partial charge in [0.25, 0.3) is 0 Å². The van der Waals surface area contributed by atoms with Gasteiger partial charge in [0.05, 0.1) is 16.7 Å². The van der Waals surface area contributed by atoms with Crippen LogP contribution in [0.25, 0.3) is 0 Å². The van der Waals surface area contributed by atoms with Crippen molar-refractivity contribution in [1.29, 1.82) is 0 Å². The number of guanidine groups is 1. The maximum Gasteiger partial charge on any atom is 0.191 e. The van der Waals surface area contributed by atoms with Crippen molar-refractivity contribution in [3.63, 3.8) is 0 Å². The SMILES string of the molecule is CCNC(=NCc1ccnn1C)NCCc1ccc(F)c(Br)c1. The minimum Gasteiger partial charge on any atom is -0.357 e. The molecule has 0 saturated carbocycles. The summed E-state index contributed by atoms with van der Waals surface area (Å²) in [6.45, 7) is 4.10. The maximum atomic E-state index is 13.2. The van der Waals surface area contributed by atoms with Gasteiger partial charge in [0.1, 0.15) is 5.82 Å². The molecule has 7 heteroatoms. The Kier molecular flexibility index (Phi) is 6.58. The summed E-state index contributed by atoms with van der Waals surface area (Å²) in [5.41, 5.74) is 2.11. The maximum absolute atomic E-state index is 13.2. The summed E-state index contributed by atoms with van der Waals surface area (Å²) in [6, 6.07) is 7.02. The molecular formula is C16H21BrFN5. The van der Waals surface area contributed by atoms with Crippen LogP contribution in [0.4, 0.5) is 4.39 Å². The average Bonchev–Trinajstić information content (AvgIpc) is 2.93. The lowest BCUT2D eigenvalue weighted by Crippen LogP contribution is -2.38. The van der Waals surface area contributed by atoms with Crippen molar-refractivity contribution in [1.82, 2.24) is 20.4 Å². The zero-order chi connectivity index (χ0) is 16.7. The third-order valence-electron chi connectivity index (χ3n) is 3.36. The van der Waals surface area contributed by atoms with Crippen molar-refractivity contribution < 1.29 is 4.39 Å². The predicted octanol–water partition coefficient (Wildman–Crippen LogP) is 2.62. The van der Waals surface area contributed by atoms with Gasteiger partial charge >= 0.3 is 0 Å². The number of nitrogens with zero attached hydrogens (tertiary/aromatic N) is 3. The molecule has 0 unspecified atom stereocenters. The third kappa shape index (κ3) is 5.35. The Labute approximate surface area is 144 Å². The van der Waals surface area contributed by atoms with Gasteiger partial charge < -0.3 is 10.6 Å². The Morgan fingerprint density at radius 1 is 1.35 bits per heavy atom. The Balaban J connectivity index is 1.89. The van der Waals surface area contributed by atoms with Crippen LogP contribution in [0.1, 0.15) is 18.2 Å². The molecule has 0 aliphatic rings. The molecule has 1 heterocycles. The van der Waals surface area contributed by atoms with Crippen LogP contribution in [-0.2, 0) is 20.0 Å². The highest BCUT2D eigenvalue weighted by molar-refractivity contribution is 9.10. The van der Waals surface area contributed by atoms with E-state index in [0.717, 1.165) is 36.7 Å². The quantitative estimate of drug-likeness (QED) is 0.597. The molecule has 23 heavy (non-hydrogen) atoms. The van der Waals surface area contributed by atoms with Crippen molar-refractivity contribution in [3.8, 4) is 0 Å². The van der Waals surface area contributed by atoms with Gasteiger partial charge in [-0.25, -0.2) is 9.38 Å². The first kappa shape index (κ1) is 17.5. The minimum atomic E-state index is -0.243. The molecule has 0 spiro atoms. The van der Waals surface area contributed by atoms with E-state index in [1.165, 1.54) is 6.07 Å². The molecule has 0 fully saturated rings. The zero-order valence-electron chi connectivity index (χ0n) is 13.3. The number of benzene rings is 1. The average molecular weight is 382 g/mol. The van der Waals surface area contributed by atoms with Crippen molar-refractivity contribution >= 4 is 21.9 Å². The second kappa shape index (κ2) is 8.67. The van der Waals surface area contributed by atoms with E-state index >= 15 is 0 Å². The lowest BCUT2D eigenvalue weighted by molar-refractivity contribution is 0.620. The van der Waals surface area contributed by atoms with E-state index in [1.807, 2.05) is 24.7 Å². The smallest absolute Gasteiger partial charge is 0.191 e. The molecule has 0 radical (unpaired) electrons. The van der Waals surface area contributed by atoms with Crippen LogP contribution in [0.15, 0.2) is 39.9 Å². The number of aliphatic imine (C=N–C) groups is 1. The molecule has 2 rings (SSSR count). The Morgan fingerprint density at radius 3 is 2.83 bits per heavy atom. The van der Waals surface area contributed by atoms with E-state index in [4.69, 9.17) is 0 Å². The van der Waals surface area contributed by atoms with Crippen LogP contribution in [-0.4, -0.2) is 28.8 Å². The normalized spacial score (nSPS) is 11.6. The summed E-state index contributed by atoms with van der Waals surface area (Å²) in [4.78, 5) is 4.54. The van der Waals surface area contributed by atoms with Gasteiger partial charge in [-0.05, 0) is 53.0 Å². The van der Waals surface area contributed by atoms with Crippen LogP contribution in [0.3, 0.4) is 0 Å². The van der Waals surface area contributed by atoms with E-state index < -0.39 is 0 Å². The summed E-state index contributed by atoms with van der Waals surface area (Å²) in [5.74, 6) is 0.516. The molecule has 1 aromatic heterocycles. The largest absolute Gasteiger partial charge is 0.357 e. The highest BCUT2D eigenvalue weighted by atomic mass is 79.9. The summed E-state index contributed by atoms with van der Waals surface area (Å²) >= 11 is 3.21. The van der Waals surface area contributed by atoms with Gasteiger partial charge in [0.2, 0.25) is 0 Å². The number of hydrogen-bond donors (Lipinski definition) is 2. The van der Waals surface area contributed by atoms with Gasteiger partial charge in [-0.2, -0.15) is 5.10 Å². The Morgan fingerprint density at radius 2 is 2.17 bits per heavy atom. The first-order valence-corrected chi connectivity index (χ1v) is 8.32. The number of rotatable bonds is 6. The van der Waals surface area contributed by atoms with E-state index in [1.54, 1.807) is 18.3 Å². The van der Waals surface area contributed by atoms with Gasteiger partial charge in [0.15, 0.2) is 5.96 Å². The molecule has 2 N–H and O–H groups in total. The van der Waals surface area contributed by atoms with E-state index in [-0.39, 0.29) is 5.82 Å². The lowest BCUT2D eigenvalue weighted by atomic mass is 10.1. The highest BCUT2D eigenvalue weighted by Crippen LogP contribution is 2.16. The molecule has 124 valence electrons. The fourth-order valence-corrected chi connectivity index (χ4v) is 2.50. The van der Waals surface area contributed by atoms with Crippen molar-refractivity contribution in [2.75, 3.05) is 13.1 Å². The molecule has 0 aliphatic heterocycles. The summed E-state index contributed by atoms with van der Waals surface area (Å²) in [7, 11) is 1.90. The molecule has 2 aromatic rings. The molecule has 5 nitrogen and oxygen atoms in total. The summed E-state index contributed by atoms with van der Waals surface area (Å²) in [6.07, 6.45) is 2.55. The monoisotopic (exact) mass is 381 g/mol. The van der Waals surface area contributed by atoms with Crippen LogP contribution in [0, 0.1) is 5.82 Å². The fraction of sp³-hybridized carbons (Fsp3) is 0.375. The van der Waals surface area contributed by atoms with Crippen molar-refractivity contribution in [2.24, 2.45) is 12.0 Å². The second-order valence-corrected chi connectivity index (χ2v) is 5.92. The Bertz CT molecular complexity index is 668. The standard InChI is InChI=1S/C16H21BrFN5/c1-3-19-16(21-11-13-7-9-22-23(13)2)20-8-6-12-4-5-15(18)14(17)10-12/h4-5,7,9-10H,3,6,8,11H2,1-2H3,(H2,19,20,21). The van der Waals surface area contributed by atoms with Gasteiger partial charge in [-0.3, -0.25) is 4.68 Å². The fourth-order valence-electron chi connectivity index (χ4n) is 2.08. The molecule has 0 saturated heterocycles.